The lowest BCUT2D eigenvalue weighted by molar-refractivity contribution is 0.101. The van der Waals surface area contributed by atoms with Gasteiger partial charge in [-0.2, -0.15) is 0 Å². The fourth-order valence-corrected chi connectivity index (χ4v) is 3.92. The van der Waals surface area contributed by atoms with Crippen molar-refractivity contribution in [1.29, 1.82) is 0 Å². The molecule has 0 aromatic heterocycles. The minimum Gasteiger partial charge on any atom is -0.295 e. The summed E-state index contributed by atoms with van der Waals surface area (Å²) in [6, 6.07) is 6.07. The smallest absolute Gasteiger partial charge is 0.240 e. The van der Waals surface area contributed by atoms with Crippen LogP contribution in [0.1, 0.15) is 55.8 Å². The van der Waals surface area contributed by atoms with E-state index in [4.69, 9.17) is 0 Å². The van der Waals surface area contributed by atoms with E-state index in [0.717, 1.165) is 18.8 Å². The molecule has 0 amide bonds. The molecule has 0 atom stereocenters. The van der Waals surface area contributed by atoms with Gasteiger partial charge in [0.25, 0.3) is 0 Å². The van der Waals surface area contributed by atoms with Crippen LogP contribution >= 0.6 is 0 Å². The predicted octanol–water partition coefficient (Wildman–Crippen LogP) is 3.14. The van der Waals surface area contributed by atoms with E-state index in [1.807, 2.05) is 0 Å². The SMILES string of the molecule is CC(=O)c1ccc(S(=O)(=O)NCCCC2CCCC2)cc1. The third-order valence-electron chi connectivity index (χ3n) is 4.13. The molecule has 0 bridgehead atoms. The van der Waals surface area contributed by atoms with Gasteiger partial charge in [0.2, 0.25) is 10.0 Å². The first-order valence-electron chi connectivity index (χ1n) is 7.60. The van der Waals surface area contributed by atoms with Gasteiger partial charge in [-0.1, -0.05) is 37.8 Å². The molecule has 0 heterocycles. The number of benzene rings is 1. The van der Waals surface area contributed by atoms with Gasteiger partial charge in [-0.05, 0) is 37.8 Å². The fraction of sp³-hybridized carbons (Fsp3) is 0.562. The van der Waals surface area contributed by atoms with Gasteiger partial charge in [-0.15, -0.1) is 0 Å². The first-order chi connectivity index (χ1) is 9.99. The van der Waals surface area contributed by atoms with Gasteiger partial charge in [0.1, 0.15) is 0 Å². The Balaban J connectivity index is 1.84. The number of carbonyl (C=O) groups excluding carboxylic acids is 1. The van der Waals surface area contributed by atoms with Crippen LogP contribution in [0.5, 0.6) is 0 Å². The topological polar surface area (TPSA) is 63.2 Å². The number of sulfonamides is 1. The van der Waals surface area contributed by atoms with E-state index in [2.05, 4.69) is 4.72 Å². The summed E-state index contributed by atoms with van der Waals surface area (Å²) in [5.41, 5.74) is 0.523. The van der Waals surface area contributed by atoms with Crippen LogP contribution in [0.15, 0.2) is 29.2 Å². The van der Waals surface area contributed by atoms with Crippen LogP contribution in [0.25, 0.3) is 0 Å². The highest BCUT2D eigenvalue weighted by Gasteiger charge is 2.16. The molecule has 5 heteroatoms. The van der Waals surface area contributed by atoms with Crippen LogP contribution in [-0.4, -0.2) is 20.7 Å². The lowest BCUT2D eigenvalue weighted by Gasteiger charge is -2.10. The summed E-state index contributed by atoms with van der Waals surface area (Å²) < 4.78 is 26.9. The highest BCUT2D eigenvalue weighted by molar-refractivity contribution is 7.89. The minimum atomic E-state index is -3.46. The summed E-state index contributed by atoms with van der Waals surface area (Å²) in [5, 5.41) is 0. The molecule has 1 aliphatic carbocycles. The van der Waals surface area contributed by atoms with E-state index in [1.165, 1.54) is 44.7 Å². The molecule has 0 radical (unpaired) electrons. The summed E-state index contributed by atoms with van der Waals surface area (Å²) in [6.07, 6.45) is 7.21. The zero-order valence-electron chi connectivity index (χ0n) is 12.5. The van der Waals surface area contributed by atoms with E-state index < -0.39 is 10.0 Å². The number of hydrogen-bond acceptors (Lipinski definition) is 3. The second-order valence-corrected chi connectivity index (χ2v) is 7.54. The molecule has 1 saturated carbocycles. The maximum atomic E-state index is 12.1. The van der Waals surface area contributed by atoms with Gasteiger partial charge in [0.15, 0.2) is 5.78 Å². The average Bonchev–Trinajstić information content (AvgIpc) is 2.97. The van der Waals surface area contributed by atoms with Gasteiger partial charge in [-0.25, -0.2) is 13.1 Å². The Kier molecular flexibility index (Phi) is 5.53. The number of nitrogens with one attached hydrogen (secondary N) is 1. The second kappa shape index (κ2) is 7.18. The Bertz CT molecular complexity index is 572. The first-order valence-corrected chi connectivity index (χ1v) is 9.08. The van der Waals surface area contributed by atoms with Gasteiger partial charge in [0, 0.05) is 12.1 Å². The standard InChI is InChI=1S/C16H23NO3S/c1-13(18)15-8-10-16(11-9-15)21(19,20)17-12-4-7-14-5-2-3-6-14/h8-11,14,17H,2-7,12H2,1H3. The molecule has 1 aromatic carbocycles. The molecule has 0 spiro atoms. The number of ketones is 1. The van der Waals surface area contributed by atoms with Crippen LogP contribution in [0, 0.1) is 5.92 Å². The summed E-state index contributed by atoms with van der Waals surface area (Å²) in [4.78, 5) is 11.4. The van der Waals surface area contributed by atoms with E-state index in [1.54, 1.807) is 12.1 Å². The van der Waals surface area contributed by atoms with Crippen molar-refractivity contribution in [1.82, 2.24) is 4.72 Å². The maximum absolute atomic E-state index is 12.1. The Morgan fingerprint density at radius 3 is 2.38 bits per heavy atom. The highest BCUT2D eigenvalue weighted by atomic mass is 32.2. The number of rotatable bonds is 7. The molecule has 116 valence electrons. The Morgan fingerprint density at radius 2 is 1.81 bits per heavy atom. The normalized spacial score (nSPS) is 16.2. The monoisotopic (exact) mass is 309 g/mol. The van der Waals surface area contributed by atoms with Crippen LogP contribution in [-0.2, 0) is 10.0 Å². The van der Waals surface area contributed by atoms with Crippen molar-refractivity contribution in [3.63, 3.8) is 0 Å². The maximum Gasteiger partial charge on any atom is 0.240 e. The average molecular weight is 309 g/mol. The molecule has 0 saturated heterocycles. The largest absolute Gasteiger partial charge is 0.295 e. The predicted molar refractivity (Wildman–Crippen MR) is 82.8 cm³/mol. The summed E-state index contributed by atoms with van der Waals surface area (Å²) in [6.45, 7) is 1.94. The van der Waals surface area contributed by atoms with Gasteiger partial charge >= 0.3 is 0 Å². The Labute approximate surface area is 127 Å². The third-order valence-corrected chi connectivity index (χ3v) is 5.60. The lowest BCUT2D eigenvalue weighted by atomic mass is 10.0. The molecule has 1 aliphatic rings. The van der Waals surface area contributed by atoms with Crippen molar-refractivity contribution in [2.24, 2.45) is 5.92 Å². The molecule has 21 heavy (non-hydrogen) atoms. The first kappa shape index (κ1) is 16.2. The van der Waals surface area contributed by atoms with Gasteiger partial charge in [-0.3, -0.25) is 4.79 Å². The number of hydrogen-bond donors (Lipinski definition) is 1. The minimum absolute atomic E-state index is 0.0662. The van der Waals surface area contributed by atoms with Gasteiger partial charge in [0.05, 0.1) is 4.90 Å². The molecule has 1 aromatic rings. The van der Waals surface area contributed by atoms with Crippen molar-refractivity contribution in [2.45, 2.75) is 50.3 Å². The zero-order chi connectivity index (χ0) is 15.3. The van der Waals surface area contributed by atoms with E-state index in [9.17, 15) is 13.2 Å². The fourth-order valence-electron chi connectivity index (χ4n) is 2.85. The summed E-state index contributed by atoms with van der Waals surface area (Å²) >= 11 is 0. The molecule has 0 unspecified atom stereocenters. The van der Waals surface area contributed by atoms with Crippen molar-refractivity contribution in [3.8, 4) is 0 Å². The lowest BCUT2D eigenvalue weighted by Crippen LogP contribution is -2.25. The Morgan fingerprint density at radius 1 is 1.19 bits per heavy atom. The van der Waals surface area contributed by atoms with Crippen molar-refractivity contribution in [2.75, 3.05) is 6.54 Å². The van der Waals surface area contributed by atoms with Crippen LogP contribution in [0.3, 0.4) is 0 Å². The van der Waals surface area contributed by atoms with Crippen LogP contribution in [0.2, 0.25) is 0 Å². The number of carbonyl (C=O) groups is 1. The van der Waals surface area contributed by atoms with E-state index in [0.29, 0.717) is 12.1 Å². The van der Waals surface area contributed by atoms with E-state index >= 15 is 0 Å². The Hall–Kier alpha value is -1.20. The molecule has 0 aliphatic heterocycles. The summed E-state index contributed by atoms with van der Waals surface area (Å²) in [7, 11) is -3.46. The van der Waals surface area contributed by atoms with Crippen molar-refractivity contribution < 1.29 is 13.2 Å². The molecular formula is C16H23NO3S. The molecule has 1 fully saturated rings. The third kappa shape index (κ3) is 4.64. The molecule has 2 rings (SSSR count). The summed E-state index contributed by atoms with van der Waals surface area (Å²) in [5.74, 6) is 0.716. The number of Topliss-reactive ketones (excluding diaryl/α,β-unsaturated/α-hetero) is 1. The van der Waals surface area contributed by atoms with Crippen molar-refractivity contribution >= 4 is 15.8 Å². The highest BCUT2D eigenvalue weighted by Crippen LogP contribution is 2.28. The van der Waals surface area contributed by atoms with Gasteiger partial charge < -0.3 is 0 Å². The molecular weight excluding hydrogens is 286 g/mol. The van der Waals surface area contributed by atoms with E-state index in [-0.39, 0.29) is 10.7 Å². The quantitative estimate of drug-likeness (QED) is 0.621. The van der Waals surface area contributed by atoms with Crippen molar-refractivity contribution in [3.05, 3.63) is 29.8 Å². The zero-order valence-corrected chi connectivity index (χ0v) is 13.3. The van der Waals surface area contributed by atoms with Crippen LogP contribution in [0.4, 0.5) is 0 Å². The molecule has 4 nitrogen and oxygen atoms in total. The van der Waals surface area contributed by atoms with Crippen LogP contribution < -0.4 is 4.72 Å². The molecule has 1 N–H and O–H groups in total. The second-order valence-electron chi connectivity index (χ2n) is 5.77.